The lowest BCUT2D eigenvalue weighted by atomic mass is 9.96. The Morgan fingerprint density at radius 1 is 0.900 bits per heavy atom. The van der Waals surface area contributed by atoms with Gasteiger partial charge >= 0.3 is 0 Å². The zero-order valence-electron chi connectivity index (χ0n) is 17.1. The van der Waals surface area contributed by atoms with Crippen molar-refractivity contribution >= 4 is 5.91 Å². The third-order valence-electron chi connectivity index (χ3n) is 5.67. The van der Waals surface area contributed by atoms with E-state index in [4.69, 9.17) is 0 Å². The molecule has 1 saturated heterocycles. The van der Waals surface area contributed by atoms with Crippen molar-refractivity contribution in [1.82, 2.24) is 19.6 Å². The monoisotopic (exact) mass is 410 g/mol. The summed E-state index contributed by atoms with van der Waals surface area (Å²) in [7, 11) is 1.82. The molecule has 1 fully saturated rings. The Labute approximate surface area is 174 Å². The Bertz CT molecular complexity index is 957. The number of carbonyl (C=O) groups excluding carboxylic acids is 1. The van der Waals surface area contributed by atoms with Crippen molar-refractivity contribution in [2.75, 3.05) is 26.2 Å². The fraction of sp³-hybridized carbons (Fsp3) is 0.304. The van der Waals surface area contributed by atoms with E-state index in [1.807, 2.05) is 18.9 Å². The molecule has 0 atom stereocenters. The van der Waals surface area contributed by atoms with Crippen molar-refractivity contribution in [1.29, 1.82) is 0 Å². The van der Waals surface area contributed by atoms with E-state index in [0.717, 1.165) is 16.8 Å². The van der Waals surface area contributed by atoms with E-state index in [2.05, 4.69) is 10.00 Å². The number of aromatic nitrogens is 2. The molecule has 1 aliphatic heterocycles. The van der Waals surface area contributed by atoms with Crippen LogP contribution in [0.3, 0.4) is 0 Å². The second kappa shape index (κ2) is 8.36. The average Bonchev–Trinajstić information content (AvgIpc) is 3.09. The molecule has 2 aromatic carbocycles. The summed E-state index contributed by atoms with van der Waals surface area (Å²) < 4.78 is 28.6. The molecule has 2 heterocycles. The Morgan fingerprint density at radius 3 is 1.83 bits per heavy atom. The summed E-state index contributed by atoms with van der Waals surface area (Å²) in [6.45, 7) is 4.34. The molecule has 156 valence electrons. The van der Waals surface area contributed by atoms with Crippen molar-refractivity contribution in [3.8, 4) is 0 Å². The van der Waals surface area contributed by atoms with E-state index >= 15 is 0 Å². The quantitative estimate of drug-likeness (QED) is 0.661. The molecule has 0 unspecified atom stereocenters. The van der Waals surface area contributed by atoms with Gasteiger partial charge in [0.05, 0.1) is 6.04 Å². The molecule has 0 saturated carbocycles. The highest BCUT2D eigenvalue weighted by atomic mass is 19.1. The Morgan fingerprint density at radius 2 is 1.40 bits per heavy atom. The van der Waals surface area contributed by atoms with Gasteiger partial charge in [-0.05, 0) is 48.4 Å². The van der Waals surface area contributed by atoms with Crippen LogP contribution in [-0.4, -0.2) is 51.7 Å². The van der Waals surface area contributed by atoms with E-state index in [9.17, 15) is 13.6 Å². The molecule has 7 heteroatoms. The van der Waals surface area contributed by atoms with Crippen molar-refractivity contribution in [2.24, 2.45) is 7.05 Å². The number of aryl methyl sites for hydroxylation is 2. The number of rotatable bonds is 4. The first kappa shape index (κ1) is 20.2. The van der Waals surface area contributed by atoms with Gasteiger partial charge in [0.1, 0.15) is 11.6 Å². The molecule has 0 radical (unpaired) electrons. The predicted molar refractivity (Wildman–Crippen MR) is 110 cm³/mol. The number of carbonyl (C=O) groups is 1. The molecule has 1 amide bonds. The van der Waals surface area contributed by atoms with Crippen molar-refractivity contribution in [3.63, 3.8) is 0 Å². The molecule has 0 aliphatic carbocycles. The minimum atomic E-state index is -0.294. The number of hydrogen-bond acceptors (Lipinski definition) is 3. The highest BCUT2D eigenvalue weighted by Gasteiger charge is 2.29. The SMILES string of the molecule is Cc1cc(C(=O)N2CCN(C(c3ccc(F)cc3)c3ccc(F)cc3)CC2)nn1C. The van der Waals surface area contributed by atoms with Gasteiger partial charge in [-0.15, -0.1) is 0 Å². The molecule has 3 aromatic rings. The molecular formula is C23H24F2N4O. The van der Waals surface area contributed by atoms with Crippen molar-refractivity contribution in [2.45, 2.75) is 13.0 Å². The highest BCUT2D eigenvalue weighted by molar-refractivity contribution is 5.92. The van der Waals surface area contributed by atoms with Gasteiger partial charge in [0.25, 0.3) is 5.91 Å². The summed E-state index contributed by atoms with van der Waals surface area (Å²) in [5.74, 6) is -0.659. The van der Waals surface area contributed by atoms with Crippen LogP contribution in [0.2, 0.25) is 0 Å². The number of halogens is 2. The smallest absolute Gasteiger partial charge is 0.274 e. The third kappa shape index (κ3) is 4.11. The van der Waals surface area contributed by atoms with Crippen LogP contribution >= 0.6 is 0 Å². The first-order valence-electron chi connectivity index (χ1n) is 9.97. The largest absolute Gasteiger partial charge is 0.335 e. The first-order chi connectivity index (χ1) is 14.4. The zero-order chi connectivity index (χ0) is 21.3. The molecule has 5 nitrogen and oxygen atoms in total. The highest BCUT2D eigenvalue weighted by Crippen LogP contribution is 2.30. The summed E-state index contributed by atoms with van der Waals surface area (Å²) >= 11 is 0. The fourth-order valence-corrected chi connectivity index (χ4v) is 3.91. The average molecular weight is 410 g/mol. The van der Waals surface area contributed by atoms with Gasteiger partial charge in [0, 0.05) is 38.9 Å². The summed E-state index contributed by atoms with van der Waals surface area (Å²) in [5, 5.41) is 4.29. The number of hydrogen-bond donors (Lipinski definition) is 0. The first-order valence-corrected chi connectivity index (χ1v) is 9.97. The summed E-state index contributed by atoms with van der Waals surface area (Å²) in [5.41, 5.74) is 3.26. The summed E-state index contributed by atoms with van der Waals surface area (Å²) in [4.78, 5) is 16.9. The van der Waals surface area contributed by atoms with Gasteiger partial charge in [0.15, 0.2) is 5.69 Å². The normalized spacial score (nSPS) is 15.0. The molecule has 4 rings (SSSR count). The van der Waals surface area contributed by atoms with Crippen LogP contribution in [-0.2, 0) is 7.05 Å². The lowest BCUT2D eigenvalue weighted by Crippen LogP contribution is -2.50. The van der Waals surface area contributed by atoms with Crippen LogP contribution < -0.4 is 0 Å². The second-order valence-electron chi connectivity index (χ2n) is 7.63. The van der Waals surface area contributed by atoms with E-state index in [-0.39, 0.29) is 23.6 Å². The minimum Gasteiger partial charge on any atom is -0.335 e. The van der Waals surface area contributed by atoms with E-state index in [0.29, 0.717) is 31.9 Å². The van der Waals surface area contributed by atoms with Crippen LogP contribution in [0.25, 0.3) is 0 Å². The van der Waals surface area contributed by atoms with Crippen LogP contribution in [0, 0.1) is 18.6 Å². The maximum atomic E-state index is 13.5. The van der Waals surface area contributed by atoms with E-state index in [1.165, 1.54) is 24.3 Å². The van der Waals surface area contributed by atoms with Gasteiger partial charge in [0.2, 0.25) is 0 Å². The second-order valence-corrected chi connectivity index (χ2v) is 7.63. The zero-order valence-corrected chi connectivity index (χ0v) is 17.1. The molecular weight excluding hydrogens is 386 g/mol. The fourth-order valence-electron chi connectivity index (χ4n) is 3.91. The van der Waals surface area contributed by atoms with Gasteiger partial charge in [-0.25, -0.2) is 8.78 Å². The molecule has 0 N–H and O–H groups in total. The Kier molecular flexibility index (Phi) is 5.63. The standard InChI is InChI=1S/C23H24F2N4O/c1-16-15-21(26-27(16)2)23(30)29-13-11-28(12-14-29)22(17-3-7-19(24)8-4-17)18-5-9-20(25)10-6-18/h3-10,15,22H,11-14H2,1-2H3. The molecule has 0 spiro atoms. The van der Waals surface area contributed by atoms with Crippen LogP contribution in [0.4, 0.5) is 8.78 Å². The van der Waals surface area contributed by atoms with Crippen LogP contribution in [0.1, 0.15) is 33.4 Å². The topological polar surface area (TPSA) is 41.4 Å². The lowest BCUT2D eigenvalue weighted by molar-refractivity contribution is 0.0591. The summed E-state index contributed by atoms with van der Waals surface area (Å²) in [6, 6.07) is 14.5. The minimum absolute atomic E-state index is 0.0709. The van der Waals surface area contributed by atoms with Gasteiger partial charge in [-0.1, -0.05) is 24.3 Å². The van der Waals surface area contributed by atoms with Gasteiger partial charge < -0.3 is 4.90 Å². The molecule has 30 heavy (non-hydrogen) atoms. The maximum absolute atomic E-state index is 13.5. The van der Waals surface area contributed by atoms with Crippen molar-refractivity contribution < 1.29 is 13.6 Å². The van der Waals surface area contributed by atoms with Crippen LogP contribution in [0.5, 0.6) is 0 Å². The van der Waals surface area contributed by atoms with Crippen molar-refractivity contribution in [3.05, 3.63) is 88.7 Å². The lowest BCUT2D eigenvalue weighted by Gasteiger charge is -2.39. The Balaban J connectivity index is 1.53. The molecule has 1 aliphatic rings. The number of nitrogens with zero attached hydrogens (tertiary/aromatic N) is 4. The Hall–Kier alpha value is -3.06. The maximum Gasteiger partial charge on any atom is 0.274 e. The van der Waals surface area contributed by atoms with E-state index in [1.54, 1.807) is 35.0 Å². The molecule has 1 aromatic heterocycles. The number of amides is 1. The van der Waals surface area contributed by atoms with Gasteiger partial charge in [-0.3, -0.25) is 14.4 Å². The molecule has 0 bridgehead atoms. The number of benzene rings is 2. The van der Waals surface area contributed by atoms with Gasteiger partial charge in [-0.2, -0.15) is 5.10 Å². The van der Waals surface area contributed by atoms with E-state index < -0.39 is 0 Å². The summed E-state index contributed by atoms with van der Waals surface area (Å²) in [6.07, 6.45) is 0. The van der Waals surface area contributed by atoms with Crippen LogP contribution in [0.15, 0.2) is 54.6 Å². The number of piperazine rings is 1. The predicted octanol–water partition coefficient (Wildman–Crippen LogP) is 3.55. The third-order valence-corrected chi connectivity index (χ3v) is 5.67.